The Labute approximate surface area is 234 Å². The molecule has 3 aromatic rings. The number of aliphatic imine (C=N–C) groups is 1. The zero-order valence-electron chi connectivity index (χ0n) is 23.9. The van der Waals surface area contributed by atoms with Gasteiger partial charge in [0, 0.05) is 30.4 Å². The molecule has 0 spiro atoms. The summed E-state index contributed by atoms with van der Waals surface area (Å²) < 4.78 is 13.2. The molecule has 0 bridgehead atoms. The van der Waals surface area contributed by atoms with Crippen molar-refractivity contribution in [3.8, 4) is 11.4 Å². The first kappa shape index (κ1) is 29.1. The second-order valence-electron chi connectivity index (χ2n) is 11.2. The number of carbonyl (C=O) groups is 2. The molecule has 3 heterocycles. The van der Waals surface area contributed by atoms with Crippen LogP contribution >= 0.6 is 0 Å². The van der Waals surface area contributed by atoms with E-state index in [9.17, 15) is 14.7 Å². The molecule has 11 heteroatoms. The van der Waals surface area contributed by atoms with Crippen molar-refractivity contribution in [3.05, 3.63) is 36.4 Å². The number of nitrogens with zero attached hydrogens (tertiary/aromatic N) is 5. The fraction of sp³-hybridized carbons (Fsp3) is 0.552. The number of carbonyl (C=O) groups excluding carboxylic acids is 1. The summed E-state index contributed by atoms with van der Waals surface area (Å²) in [6.07, 6.45) is 8.75. The van der Waals surface area contributed by atoms with Gasteiger partial charge < -0.3 is 23.8 Å². The van der Waals surface area contributed by atoms with Gasteiger partial charge in [0.2, 0.25) is 17.7 Å². The number of benzene rings is 1. The molecule has 1 aliphatic rings. The lowest BCUT2D eigenvalue weighted by atomic mass is 10.1. The third kappa shape index (κ3) is 7.61. The van der Waals surface area contributed by atoms with E-state index in [0.717, 1.165) is 35.9 Å². The van der Waals surface area contributed by atoms with E-state index >= 15 is 0 Å². The molecule has 2 aromatic heterocycles. The van der Waals surface area contributed by atoms with Gasteiger partial charge in [-0.2, -0.15) is 4.98 Å². The Morgan fingerprint density at radius 3 is 2.70 bits per heavy atom. The lowest BCUT2D eigenvalue weighted by Crippen LogP contribution is -2.44. The summed E-state index contributed by atoms with van der Waals surface area (Å²) in [5, 5.41) is 17.0. The monoisotopic (exact) mass is 552 g/mol. The first-order valence-electron chi connectivity index (χ1n) is 14.2. The first-order chi connectivity index (χ1) is 19.1. The second kappa shape index (κ2) is 13.0. The summed E-state index contributed by atoms with van der Waals surface area (Å²) in [6, 6.07) is 7.79. The second-order valence-corrected chi connectivity index (χ2v) is 11.2. The van der Waals surface area contributed by atoms with E-state index < -0.39 is 23.8 Å². The quantitative estimate of drug-likeness (QED) is 0.169. The minimum atomic E-state index is -1.34. The summed E-state index contributed by atoms with van der Waals surface area (Å²) in [5.41, 5.74) is 1.19. The molecular formula is C29H40N6O5. The van der Waals surface area contributed by atoms with Gasteiger partial charge in [0.05, 0.1) is 0 Å². The highest BCUT2D eigenvalue weighted by molar-refractivity contribution is 5.98. The molecule has 216 valence electrons. The normalized spacial score (nSPS) is 16.1. The lowest BCUT2D eigenvalue weighted by Gasteiger charge is -2.25. The van der Waals surface area contributed by atoms with E-state index in [1.54, 1.807) is 25.7 Å². The summed E-state index contributed by atoms with van der Waals surface area (Å²) in [7, 11) is 0. The van der Waals surface area contributed by atoms with Crippen LogP contribution in [0.25, 0.3) is 22.3 Å². The Kier molecular flexibility index (Phi) is 9.44. The number of nitrogens with one attached hydrogen (secondary N) is 1. The minimum absolute atomic E-state index is 0.127. The molecule has 40 heavy (non-hydrogen) atoms. The van der Waals surface area contributed by atoms with Gasteiger partial charge in [-0.25, -0.2) is 9.59 Å². The van der Waals surface area contributed by atoms with Crippen LogP contribution in [0, 0.1) is 0 Å². The van der Waals surface area contributed by atoms with E-state index in [0.29, 0.717) is 24.7 Å². The SMILES string of the molecule is CCCCCCCCn1ccc2ccc(-c3noc([C@@H]4CCCN4/C(=N\C(=O)OC(C)(C)C)NC(=O)O)n3)cc21. The Bertz CT molecular complexity index is 1340. The predicted molar refractivity (Wildman–Crippen MR) is 152 cm³/mol. The highest BCUT2D eigenvalue weighted by Gasteiger charge is 2.35. The minimum Gasteiger partial charge on any atom is -0.465 e. The first-order valence-corrected chi connectivity index (χ1v) is 14.2. The van der Waals surface area contributed by atoms with Gasteiger partial charge in [-0.05, 0) is 57.6 Å². The number of likely N-dealkylation sites (tertiary alicyclic amines) is 1. The van der Waals surface area contributed by atoms with Gasteiger partial charge in [0.1, 0.15) is 11.6 Å². The van der Waals surface area contributed by atoms with E-state index in [1.807, 2.05) is 6.07 Å². The van der Waals surface area contributed by atoms with Crippen LogP contribution in [-0.2, 0) is 11.3 Å². The Balaban J connectivity index is 1.51. The van der Waals surface area contributed by atoms with E-state index in [4.69, 9.17) is 9.26 Å². The average Bonchev–Trinajstić information content (AvgIpc) is 3.63. The molecule has 0 radical (unpaired) electrons. The van der Waals surface area contributed by atoms with Crippen molar-refractivity contribution in [2.75, 3.05) is 6.54 Å². The fourth-order valence-corrected chi connectivity index (χ4v) is 4.98. The van der Waals surface area contributed by atoms with Gasteiger partial charge in [-0.3, -0.25) is 5.32 Å². The van der Waals surface area contributed by atoms with Gasteiger partial charge in [-0.1, -0.05) is 56.3 Å². The molecule has 1 aromatic carbocycles. The highest BCUT2D eigenvalue weighted by Crippen LogP contribution is 2.33. The predicted octanol–water partition coefficient (Wildman–Crippen LogP) is 6.75. The number of rotatable bonds is 9. The number of hydrogen-bond donors (Lipinski definition) is 2. The molecule has 4 rings (SSSR count). The molecule has 1 saturated heterocycles. The summed E-state index contributed by atoms with van der Waals surface area (Å²) in [6.45, 7) is 8.80. The molecule has 11 nitrogen and oxygen atoms in total. The van der Waals surface area contributed by atoms with Crippen LogP contribution in [0.5, 0.6) is 0 Å². The largest absolute Gasteiger partial charge is 0.465 e. The van der Waals surface area contributed by atoms with Crippen molar-refractivity contribution in [1.82, 2.24) is 24.9 Å². The van der Waals surface area contributed by atoms with Crippen molar-refractivity contribution < 1.29 is 24.0 Å². The summed E-state index contributed by atoms with van der Waals surface area (Å²) >= 11 is 0. The maximum absolute atomic E-state index is 12.4. The van der Waals surface area contributed by atoms with Gasteiger partial charge in [-0.15, -0.1) is 4.99 Å². The molecule has 0 aliphatic carbocycles. The van der Waals surface area contributed by atoms with E-state index in [1.165, 1.54) is 32.1 Å². The van der Waals surface area contributed by atoms with Crippen LogP contribution in [0.15, 0.2) is 40.0 Å². The Morgan fingerprint density at radius 1 is 1.18 bits per heavy atom. The number of guanidine groups is 1. The van der Waals surface area contributed by atoms with Gasteiger partial charge in [0.25, 0.3) is 0 Å². The highest BCUT2D eigenvalue weighted by atomic mass is 16.6. The number of unbranched alkanes of at least 4 members (excludes halogenated alkanes) is 5. The third-order valence-corrected chi connectivity index (χ3v) is 6.85. The van der Waals surface area contributed by atoms with Crippen molar-refractivity contribution in [3.63, 3.8) is 0 Å². The molecular weight excluding hydrogens is 512 g/mol. The van der Waals surface area contributed by atoms with Crippen molar-refractivity contribution in [1.29, 1.82) is 0 Å². The molecule has 2 amide bonds. The van der Waals surface area contributed by atoms with Crippen molar-refractivity contribution in [2.24, 2.45) is 4.99 Å². The van der Waals surface area contributed by atoms with Crippen LogP contribution in [0.4, 0.5) is 9.59 Å². The summed E-state index contributed by atoms with van der Waals surface area (Å²) in [4.78, 5) is 34.1. The third-order valence-electron chi connectivity index (χ3n) is 6.85. The molecule has 1 fully saturated rings. The van der Waals surface area contributed by atoms with E-state index in [2.05, 4.69) is 56.3 Å². The zero-order chi connectivity index (χ0) is 28.7. The number of ether oxygens (including phenoxy) is 1. The molecule has 2 N–H and O–H groups in total. The van der Waals surface area contributed by atoms with Crippen LogP contribution in [-0.4, -0.2) is 55.0 Å². The maximum atomic E-state index is 12.4. The number of carboxylic acid groups (broad SMARTS) is 1. The standard InChI is InChI=1S/C29H40N6O5/c1-5-6-7-8-9-10-16-34-18-15-20-13-14-21(19-23(20)34)24-30-25(40-33-24)22-12-11-17-35(22)26(31-27(36)37)32-28(38)39-29(2,3)4/h13-15,18-19,22H,5-12,16-17H2,1-4H3,(H,36,37)(H,31,32,38)/t22-/m0/s1. The number of hydrogen-bond acceptors (Lipinski definition) is 6. The zero-order valence-corrected chi connectivity index (χ0v) is 23.9. The van der Waals surface area contributed by atoms with Gasteiger partial charge >= 0.3 is 12.2 Å². The summed E-state index contributed by atoms with van der Waals surface area (Å²) in [5.74, 6) is 0.657. The number of aryl methyl sites for hydroxylation is 1. The fourth-order valence-electron chi connectivity index (χ4n) is 4.98. The smallest absolute Gasteiger partial charge is 0.437 e. The van der Waals surface area contributed by atoms with Gasteiger partial charge in [0.15, 0.2) is 0 Å². The number of aromatic nitrogens is 3. The molecule has 1 atom stereocenters. The number of fused-ring (bicyclic) bond motifs is 1. The van der Waals surface area contributed by atoms with Crippen LogP contribution in [0.1, 0.15) is 91.0 Å². The Morgan fingerprint density at radius 2 is 1.95 bits per heavy atom. The van der Waals surface area contributed by atoms with Crippen molar-refractivity contribution in [2.45, 2.75) is 97.2 Å². The number of amides is 2. The maximum Gasteiger partial charge on any atom is 0.437 e. The Hall–Kier alpha value is -3.89. The molecule has 1 aliphatic heterocycles. The molecule has 0 saturated carbocycles. The van der Waals surface area contributed by atoms with Crippen LogP contribution < -0.4 is 5.32 Å². The van der Waals surface area contributed by atoms with Crippen LogP contribution in [0.2, 0.25) is 0 Å². The van der Waals surface area contributed by atoms with Crippen molar-refractivity contribution >= 4 is 29.0 Å². The van der Waals surface area contributed by atoms with Crippen LogP contribution in [0.3, 0.4) is 0 Å². The lowest BCUT2D eigenvalue weighted by molar-refractivity contribution is 0.0600. The average molecular weight is 553 g/mol. The van der Waals surface area contributed by atoms with E-state index in [-0.39, 0.29) is 5.96 Å². The topological polar surface area (TPSA) is 135 Å². The molecule has 0 unspecified atom stereocenters.